The molecule has 2 N–H and O–H groups in total. The van der Waals surface area contributed by atoms with Crippen molar-refractivity contribution in [2.24, 2.45) is 5.14 Å². The molecule has 1 saturated carbocycles. The fourth-order valence-corrected chi connectivity index (χ4v) is 3.03. The topological polar surface area (TPSA) is 83.7 Å². The summed E-state index contributed by atoms with van der Waals surface area (Å²) in [5.41, 5.74) is 0. The lowest BCUT2D eigenvalue weighted by Gasteiger charge is -2.21. The molecule has 2 rings (SSSR count). The Balaban J connectivity index is 1.83. The van der Waals surface area contributed by atoms with Crippen LogP contribution in [-0.2, 0) is 14.8 Å². The van der Waals surface area contributed by atoms with Crippen LogP contribution in [0.2, 0.25) is 0 Å². The maximum atomic E-state index is 11.8. The van der Waals surface area contributed by atoms with Gasteiger partial charge in [-0.2, -0.15) is 0 Å². The van der Waals surface area contributed by atoms with E-state index in [1.54, 1.807) is 4.90 Å². The van der Waals surface area contributed by atoms with Gasteiger partial charge < -0.3 is 4.90 Å². The molecule has 1 amide bonds. The molecular weight excluding hydrogens is 242 g/mol. The zero-order valence-electron chi connectivity index (χ0n) is 10.0. The molecule has 0 radical (unpaired) electrons. The van der Waals surface area contributed by atoms with Gasteiger partial charge in [0.1, 0.15) is 0 Å². The average molecular weight is 261 g/mol. The van der Waals surface area contributed by atoms with Crippen molar-refractivity contribution < 1.29 is 13.2 Å². The predicted molar refractivity (Wildman–Crippen MR) is 63.7 cm³/mol. The summed E-state index contributed by atoms with van der Waals surface area (Å²) >= 11 is 0. The summed E-state index contributed by atoms with van der Waals surface area (Å²) in [6.07, 6.45) is 2.70. The maximum Gasteiger partial charge on any atom is 0.236 e. The van der Waals surface area contributed by atoms with E-state index in [1.807, 2.05) is 11.9 Å². The first-order valence-electron chi connectivity index (χ1n) is 5.87. The van der Waals surface area contributed by atoms with Crippen LogP contribution >= 0.6 is 0 Å². The lowest BCUT2D eigenvalue weighted by molar-refractivity contribution is -0.131. The first-order valence-corrected chi connectivity index (χ1v) is 7.48. The number of sulfonamides is 1. The number of amides is 1. The Hall–Kier alpha value is -0.660. The van der Waals surface area contributed by atoms with Crippen LogP contribution in [0.5, 0.6) is 0 Å². The molecule has 1 aliphatic carbocycles. The van der Waals surface area contributed by atoms with Crippen LogP contribution in [0.3, 0.4) is 0 Å². The molecule has 98 valence electrons. The third-order valence-corrected chi connectivity index (χ3v) is 4.85. The van der Waals surface area contributed by atoms with Crippen LogP contribution in [0.15, 0.2) is 0 Å². The van der Waals surface area contributed by atoms with E-state index in [1.165, 1.54) is 0 Å². The molecule has 0 bridgehead atoms. The summed E-state index contributed by atoms with van der Waals surface area (Å²) in [7, 11) is -1.65. The predicted octanol–water partition coefficient (Wildman–Crippen LogP) is -1.03. The third kappa shape index (κ3) is 3.17. The zero-order chi connectivity index (χ0) is 12.6. The minimum Gasteiger partial charge on any atom is -0.342 e. The number of carbonyl (C=O) groups excluding carboxylic acids is 1. The maximum absolute atomic E-state index is 11.8. The van der Waals surface area contributed by atoms with Gasteiger partial charge in [-0.25, -0.2) is 13.6 Å². The highest BCUT2D eigenvalue weighted by atomic mass is 32.2. The van der Waals surface area contributed by atoms with Gasteiger partial charge in [0, 0.05) is 26.2 Å². The van der Waals surface area contributed by atoms with Crippen LogP contribution < -0.4 is 5.14 Å². The van der Waals surface area contributed by atoms with Gasteiger partial charge in [0.15, 0.2) is 0 Å². The molecule has 2 aliphatic rings. The molecule has 1 unspecified atom stereocenters. The highest BCUT2D eigenvalue weighted by Crippen LogP contribution is 2.25. The Morgan fingerprint density at radius 1 is 1.41 bits per heavy atom. The highest BCUT2D eigenvalue weighted by Gasteiger charge is 2.34. The molecule has 1 heterocycles. The Labute approximate surface area is 102 Å². The number of primary sulfonamides is 1. The summed E-state index contributed by atoms with van der Waals surface area (Å²) in [6.45, 7) is 1.31. The van der Waals surface area contributed by atoms with Gasteiger partial charge in [-0.3, -0.25) is 9.69 Å². The Morgan fingerprint density at radius 2 is 2.06 bits per heavy atom. The minimum absolute atomic E-state index is 0.0718. The van der Waals surface area contributed by atoms with Crippen LogP contribution in [0.1, 0.15) is 19.3 Å². The van der Waals surface area contributed by atoms with E-state index in [2.05, 4.69) is 0 Å². The number of nitrogens with zero attached hydrogens (tertiary/aromatic N) is 2. The van der Waals surface area contributed by atoms with Gasteiger partial charge in [0.2, 0.25) is 15.9 Å². The van der Waals surface area contributed by atoms with E-state index in [0.29, 0.717) is 32.1 Å². The number of carbonyl (C=O) groups is 1. The molecule has 1 atom stereocenters. The first kappa shape index (κ1) is 12.8. The van der Waals surface area contributed by atoms with Crippen molar-refractivity contribution in [2.75, 3.05) is 26.7 Å². The van der Waals surface area contributed by atoms with Gasteiger partial charge in [-0.05, 0) is 19.3 Å². The SMILES string of the molecule is CN(C(=O)CN1CCC(S(N)(=O)=O)C1)C1CC1. The van der Waals surface area contributed by atoms with Crippen molar-refractivity contribution in [1.82, 2.24) is 9.80 Å². The van der Waals surface area contributed by atoms with Crippen LogP contribution in [0, 0.1) is 0 Å². The normalized spacial score (nSPS) is 26.1. The van der Waals surface area contributed by atoms with E-state index < -0.39 is 15.3 Å². The number of hydrogen-bond acceptors (Lipinski definition) is 4. The lowest BCUT2D eigenvalue weighted by atomic mass is 10.4. The molecule has 0 aromatic rings. The van der Waals surface area contributed by atoms with Gasteiger partial charge in [0.25, 0.3) is 0 Å². The standard InChI is InChI=1S/C10H19N3O3S/c1-12(8-2-3-8)10(14)7-13-5-4-9(6-13)17(11,15)16/h8-9H,2-7H2,1H3,(H2,11,15,16). The fourth-order valence-electron chi connectivity index (χ4n) is 2.18. The Bertz CT molecular complexity index is 405. The monoisotopic (exact) mass is 261 g/mol. The van der Waals surface area contributed by atoms with Gasteiger partial charge in [-0.15, -0.1) is 0 Å². The smallest absolute Gasteiger partial charge is 0.236 e. The fraction of sp³-hybridized carbons (Fsp3) is 0.900. The quantitative estimate of drug-likeness (QED) is 0.701. The Morgan fingerprint density at radius 3 is 2.53 bits per heavy atom. The Kier molecular flexibility index (Phi) is 3.42. The largest absolute Gasteiger partial charge is 0.342 e. The third-order valence-electron chi connectivity index (χ3n) is 3.54. The first-order chi connectivity index (χ1) is 7.88. The second kappa shape index (κ2) is 4.55. The van der Waals surface area contributed by atoms with Crippen LogP contribution in [0.25, 0.3) is 0 Å². The molecule has 2 fully saturated rings. The second-order valence-electron chi connectivity index (χ2n) is 4.97. The van der Waals surface area contributed by atoms with E-state index in [4.69, 9.17) is 5.14 Å². The summed E-state index contributed by atoms with van der Waals surface area (Å²) in [5.74, 6) is 0.0718. The van der Waals surface area contributed by atoms with Crippen molar-refractivity contribution in [3.63, 3.8) is 0 Å². The number of likely N-dealkylation sites (N-methyl/N-ethyl adjacent to an activating group) is 1. The summed E-state index contributed by atoms with van der Waals surface area (Å²) in [4.78, 5) is 15.5. The number of nitrogens with two attached hydrogens (primary N) is 1. The van der Waals surface area contributed by atoms with E-state index >= 15 is 0 Å². The second-order valence-corrected chi connectivity index (χ2v) is 6.82. The van der Waals surface area contributed by atoms with E-state index in [9.17, 15) is 13.2 Å². The number of likely N-dealkylation sites (tertiary alicyclic amines) is 1. The number of hydrogen-bond donors (Lipinski definition) is 1. The van der Waals surface area contributed by atoms with Crippen molar-refractivity contribution in [3.05, 3.63) is 0 Å². The molecule has 1 saturated heterocycles. The lowest BCUT2D eigenvalue weighted by Crippen LogP contribution is -2.39. The molecular formula is C10H19N3O3S. The summed E-state index contributed by atoms with van der Waals surface area (Å²) in [6, 6.07) is 0.402. The number of rotatable bonds is 4. The highest BCUT2D eigenvalue weighted by molar-refractivity contribution is 7.89. The van der Waals surface area contributed by atoms with Gasteiger partial charge in [-0.1, -0.05) is 0 Å². The van der Waals surface area contributed by atoms with Gasteiger partial charge in [0.05, 0.1) is 11.8 Å². The molecule has 1 aliphatic heterocycles. The average Bonchev–Trinajstić information content (AvgIpc) is 2.96. The zero-order valence-corrected chi connectivity index (χ0v) is 10.8. The van der Waals surface area contributed by atoms with Crippen molar-refractivity contribution in [3.8, 4) is 0 Å². The molecule has 0 spiro atoms. The minimum atomic E-state index is -3.46. The molecule has 17 heavy (non-hydrogen) atoms. The van der Waals surface area contributed by atoms with Crippen molar-refractivity contribution in [1.29, 1.82) is 0 Å². The summed E-state index contributed by atoms with van der Waals surface area (Å²) < 4.78 is 22.3. The molecule has 0 aromatic carbocycles. The van der Waals surface area contributed by atoms with Crippen LogP contribution in [-0.4, -0.2) is 62.1 Å². The van der Waals surface area contributed by atoms with E-state index in [-0.39, 0.29) is 5.91 Å². The molecule has 6 nitrogen and oxygen atoms in total. The van der Waals surface area contributed by atoms with Crippen molar-refractivity contribution >= 4 is 15.9 Å². The van der Waals surface area contributed by atoms with Gasteiger partial charge >= 0.3 is 0 Å². The van der Waals surface area contributed by atoms with E-state index in [0.717, 1.165) is 12.8 Å². The molecule has 7 heteroatoms. The molecule has 0 aromatic heterocycles. The van der Waals surface area contributed by atoms with Crippen molar-refractivity contribution in [2.45, 2.75) is 30.6 Å². The van der Waals surface area contributed by atoms with Crippen LogP contribution in [0.4, 0.5) is 0 Å². The summed E-state index contributed by atoms with van der Waals surface area (Å²) in [5, 5.41) is 4.59.